The standard InChI is InChI=1S/C12H9BrF3N3/c13-10-2-1-8(12(14,15)16)3-9(10)11(17)7-4-18-6-19-5-7/h1-6,11H,17H2. The van der Waals surface area contributed by atoms with Crippen molar-refractivity contribution >= 4 is 15.9 Å². The molecular formula is C12H9BrF3N3. The van der Waals surface area contributed by atoms with E-state index in [1.54, 1.807) is 0 Å². The van der Waals surface area contributed by atoms with Gasteiger partial charge in [0.1, 0.15) is 6.33 Å². The van der Waals surface area contributed by atoms with E-state index in [-0.39, 0.29) is 0 Å². The van der Waals surface area contributed by atoms with Crippen molar-refractivity contribution in [2.75, 3.05) is 0 Å². The lowest BCUT2D eigenvalue weighted by molar-refractivity contribution is -0.137. The summed E-state index contributed by atoms with van der Waals surface area (Å²) in [5.74, 6) is 0. The molecule has 0 aliphatic carbocycles. The van der Waals surface area contributed by atoms with Crippen molar-refractivity contribution in [3.05, 3.63) is 58.1 Å². The molecule has 1 unspecified atom stereocenters. The fourth-order valence-corrected chi connectivity index (χ4v) is 2.10. The van der Waals surface area contributed by atoms with Crippen LogP contribution >= 0.6 is 15.9 Å². The Labute approximate surface area is 115 Å². The van der Waals surface area contributed by atoms with Crippen LogP contribution in [0, 0.1) is 0 Å². The van der Waals surface area contributed by atoms with Gasteiger partial charge in [-0.3, -0.25) is 0 Å². The molecule has 0 radical (unpaired) electrons. The van der Waals surface area contributed by atoms with Crippen LogP contribution in [-0.4, -0.2) is 9.97 Å². The Bertz CT molecular complexity index is 572. The van der Waals surface area contributed by atoms with E-state index in [1.165, 1.54) is 24.8 Å². The van der Waals surface area contributed by atoms with Crippen molar-refractivity contribution in [2.45, 2.75) is 12.2 Å². The van der Waals surface area contributed by atoms with Crippen molar-refractivity contribution in [3.8, 4) is 0 Å². The van der Waals surface area contributed by atoms with E-state index in [4.69, 9.17) is 5.73 Å². The van der Waals surface area contributed by atoms with E-state index >= 15 is 0 Å². The van der Waals surface area contributed by atoms with Gasteiger partial charge in [-0.05, 0) is 23.8 Å². The Morgan fingerprint density at radius 1 is 1.16 bits per heavy atom. The molecule has 0 spiro atoms. The summed E-state index contributed by atoms with van der Waals surface area (Å²) in [7, 11) is 0. The second kappa shape index (κ2) is 5.26. The van der Waals surface area contributed by atoms with Crippen molar-refractivity contribution in [2.24, 2.45) is 5.73 Å². The van der Waals surface area contributed by atoms with Crippen molar-refractivity contribution < 1.29 is 13.2 Å². The van der Waals surface area contributed by atoms with E-state index in [9.17, 15) is 13.2 Å². The first kappa shape index (κ1) is 14.0. The number of alkyl halides is 3. The van der Waals surface area contributed by atoms with Crippen molar-refractivity contribution in [1.29, 1.82) is 0 Å². The first-order chi connectivity index (χ1) is 8.89. The van der Waals surface area contributed by atoms with Crippen LogP contribution in [-0.2, 0) is 6.18 Å². The van der Waals surface area contributed by atoms with E-state index < -0.39 is 17.8 Å². The lowest BCUT2D eigenvalue weighted by Crippen LogP contribution is -2.15. The maximum atomic E-state index is 12.7. The Morgan fingerprint density at radius 3 is 2.37 bits per heavy atom. The maximum absolute atomic E-state index is 12.7. The van der Waals surface area contributed by atoms with Gasteiger partial charge < -0.3 is 5.73 Å². The number of nitrogens with zero attached hydrogens (tertiary/aromatic N) is 2. The Morgan fingerprint density at radius 2 is 1.79 bits per heavy atom. The van der Waals surface area contributed by atoms with E-state index in [2.05, 4.69) is 25.9 Å². The van der Waals surface area contributed by atoms with Gasteiger partial charge in [-0.1, -0.05) is 15.9 Å². The summed E-state index contributed by atoms with van der Waals surface area (Å²) in [6, 6.07) is 2.64. The quantitative estimate of drug-likeness (QED) is 0.918. The van der Waals surface area contributed by atoms with Gasteiger partial charge in [-0.25, -0.2) is 9.97 Å². The van der Waals surface area contributed by atoms with Crippen LogP contribution in [0.4, 0.5) is 13.2 Å². The summed E-state index contributed by atoms with van der Waals surface area (Å²) in [6.45, 7) is 0. The minimum atomic E-state index is -4.40. The molecule has 0 bridgehead atoms. The normalized spacial score (nSPS) is 13.3. The van der Waals surface area contributed by atoms with Crippen LogP contribution in [0.25, 0.3) is 0 Å². The Balaban J connectivity index is 2.45. The van der Waals surface area contributed by atoms with Crippen molar-refractivity contribution in [1.82, 2.24) is 9.97 Å². The minimum Gasteiger partial charge on any atom is -0.320 e. The van der Waals surface area contributed by atoms with Gasteiger partial charge in [0.25, 0.3) is 0 Å². The van der Waals surface area contributed by atoms with E-state index in [0.29, 0.717) is 15.6 Å². The molecule has 3 nitrogen and oxygen atoms in total. The molecule has 2 N–H and O–H groups in total. The van der Waals surface area contributed by atoms with Gasteiger partial charge in [-0.15, -0.1) is 0 Å². The molecule has 2 rings (SSSR count). The average Bonchev–Trinajstić information content (AvgIpc) is 2.38. The van der Waals surface area contributed by atoms with Crippen LogP contribution in [0.5, 0.6) is 0 Å². The molecule has 1 aromatic carbocycles. The second-order valence-corrected chi connectivity index (χ2v) is 4.74. The van der Waals surface area contributed by atoms with Gasteiger partial charge in [0.15, 0.2) is 0 Å². The van der Waals surface area contributed by atoms with Crippen LogP contribution in [0.2, 0.25) is 0 Å². The summed E-state index contributed by atoms with van der Waals surface area (Å²) in [6.07, 6.45) is -0.117. The zero-order valence-electron chi connectivity index (χ0n) is 9.53. The van der Waals surface area contributed by atoms with E-state index in [1.807, 2.05) is 0 Å². The molecule has 100 valence electrons. The summed E-state index contributed by atoms with van der Waals surface area (Å²) >= 11 is 3.21. The fraction of sp³-hybridized carbons (Fsp3) is 0.167. The molecule has 19 heavy (non-hydrogen) atoms. The predicted molar refractivity (Wildman–Crippen MR) is 67.2 cm³/mol. The number of benzene rings is 1. The fourth-order valence-electron chi connectivity index (χ4n) is 1.61. The minimum absolute atomic E-state index is 0.338. The highest BCUT2D eigenvalue weighted by atomic mass is 79.9. The first-order valence-corrected chi connectivity index (χ1v) is 6.06. The highest BCUT2D eigenvalue weighted by Crippen LogP contribution is 2.34. The smallest absolute Gasteiger partial charge is 0.320 e. The monoisotopic (exact) mass is 331 g/mol. The molecule has 0 fully saturated rings. The third-order valence-corrected chi connectivity index (χ3v) is 3.32. The highest BCUT2D eigenvalue weighted by Gasteiger charge is 2.31. The molecule has 0 amide bonds. The Hall–Kier alpha value is -1.47. The number of rotatable bonds is 2. The molecule has 7 heteroatoms. The van der Waals surface area contributed by atoms with Crippen molar-refractivity contribution in [3.63, 3.8) is 0 Å². The molecule has 0 aliphatic rings. The topological polar surface area (TPSA) is 51.8 Å². The zero-order chi connectivity index (χ0) is 14.0. The third kappa shape index (κ3) is 3.10. The maximum Gasteiger partial charge on any atom is 0.416 e. The van der Waals surface area contributed by atoms with Gasteiger partial charge in [0.05, 0.1) is 11.6 Å². The lowest BCUT2D eigenvalue weighted by Gasteiger charge is -2.16. The average molecular weight is 332 g/mol. The van der Waals surface area contributed by atoms with Gasteiger partial charge in [0.2, 0.25) is 0 Å². The first-order valence-electron chi connectivity index (χ1n) is 5.26. The van der Waals surface area contributed by atoms with Gasteiger partial charge in [-0.2, -0.15) is 13.2 Å². The molecule has 0 saturated heterocycles. The summed E-state index contributed by atoms with van der Waals surface area (Å²) < 4.78 is 38.6. The second-order valence-electron chi connectivity index (χ2n) is 3.88. The molecule has 1 heterocycles. The molecule has 2 aromatic rings. The van der Waals surface area contributed by atoms with Crippen LogP contribution in [0.1, 0.15) is 22.7 Å². The predicted octanol–water partition coefficient (Wildman–Crippen LogP) is 3.31. The number of nitrogens with two attached hydrogens (primary N) is 1. The largest absolute Gasteiger partial charge is 0.416 e. The third-order valence-electron chi connectivity index (χ3n) is 2.60. The van der Waals surface area contributed by atoms with Gasteiger partial charge >= 0.3 is 6.18 Å². The number of halogens is 4. The number of aromatic nitrogens is 2. The molecule has 0 saturated carbocycles. The SMILES string of the molecule is NC(c1cncnc1)c1cc(C(F)(F)F)ccc1Br. The van der Waals surface area contributed by atoms with Crippen LogP contribution in [0.3, 0.4) is 0 Å². The van der Waals surface area contributed by atoms with Crippen LogP contribution in [0.15, 0.2) is 41.4 Å². The summed E-state index contributed by atoms with van der Waals surface area (Å²) in [5.41, 5.74) is 6.10. The summed E-state index contributed by atoms with van der Waals surface area (Å²) in [4.78, 5) is 7.61. The van der Waals surface area contributed by atoms with Gasteiger partial charge in [0, 0.05) is 22.4 Å². The molecular weight excluding hydrogens is 323 g/mol. The van der Waals surface area contributed by atoms with E-state index in [0.717, 1.165) is 12.1 Å². The summed E-state index contributed by atoms with van der Waals surface area (Å²) in [5, 5.41) is 0. The number of hydrogen-bond donors (Lipinski definition) is 1. The highest BCUT2D eigenvalue weighted by molar-refractivity contribution is 9.10. The van der Waals surface area contributed by atoms with Crippen LogP contribution < -0.4 is 5.73 Å². The number of hydrogen-bond acceptors (Lipinski definition) is 3. The lowest BCUT2D eigenvalue weighted by atomic mass is 10.00. The Kier molecular flexibility index (Phi) is 3.86. The molecule has 1 atom stereocenters. The molecule has 1 aromatic heterocycles. The molecule has 0 aliphatic heterocycles. The zero-order valence-corrected chi connectivity index (χ0v) is 11.1.